The summed E-state index contributed by atoms with van der Waals surface area (Å²) in [4.78, 5) is 20.2. The van der Waals surface area contributed by atoms with E-state index in [4.69, 9.17) is 4.52 Å². The van der Waals surface area contributed by atoms with Crippen LogP contribution in [0.2, 0.25) is 0 Å². The second-order valence-corrected chi connectivity index (χ2v) is 7.25. The van der Waals surface area contributed by atoms with Gasteiger partial charge in [-0.25, -0.2) is 9.97 Å². The SMILES string of the molecule is CC(C)C(Nc1cc(C(F)(F)F)nc(-c2ccncc2)n1)c1nc(-c2ccncc2)no1. The Morgan fingerprint density at radius 2 is 1.44 bits per heavy atom. The Kier molecular flexibility index (Phi) is 5.80. The topological polar surface area (TPSA) is 103 Å². The Labute approximate surface area is 181 Å². The van der Waals surface area contributed by atoms with Crippen molar-refractivity contribution in [3.05, 3.63) is 66.7 Å². The van der Waals surface area contributed by atoms with Gasteiger partial charge < -0.3 is 9.84 Å². The number of alkyl halides is 3. The van der Waals surface area contributed by atoms with E-state index >= 15 is 0 Å². The van der Waals surface area contributed by atoms with E-state index < -0.39 is 17.9 Å². The summed E-state index contributed by atoms with van der Waals surface area (Å²) in [6, 6.07) is 6.82. The first kappa shape index (κ1) is 21.3. The Balaban J connectivity index is 1.70. The summed E-state index contributed by atoms with van der Waals surface area (Å²) in [7, 11) is 0. The first-order chi connectivity index (χ1) is 15.3. The van der Waals surface area contributed by atoms with E-state index in [0.29, 0.717) is 17.0 Å². The highest BCUT2D eigenvalue weighted by Gasteiger charge is 2.34. The molecule has 4 aromatic rings. The predicted octanol–water partition coefficient (Wildman–Crippen LogP) is 4.81. The molecule has 8 nitrogen and oxygen atoms in total. The van der Waals surface area contributed by atoms with Crippen molar-refractivity contribution in [2.75, 3.05) is 5.32 Å². The first-order valence-corrected chi connectivity index (χ1v) is 9.68. The van der Waals surface area contributed by atoms with Gasteiger partial charge in [-0.2, -0.15) is 18.2 Å². The number of hydrogen-bond donors (Lipinski definition) is 1. The molecule has 1 N–H and O–H groups in total. The maximum Gasteiger partial charge on any atom is 0.433 e. The van der Waals surface area contributed by atoms with Gasteiger partial charge in [0.25, 0.3) is 0 Å². The monoisotopic (exact) mass is 441 g/mol. The van der Waals surface area contributed by atoms with Crippen LogP contribution in [0.15, 0.2) is 59.6 Å². The van der Waals surface area contributed by atoms with Crippen LogP contribution in [0.3, 0.4) is 0 Å². The molecule has 1 atom stereocenters. The van der Waals surface area contributed by atoms with Gasteiger partial charge >= 0.3 is 6.18 Å². The molecular weight excluding hydrogens is 423 g/mol. The summed E-state index contributed by atoms with van der Waals surface area (Å²) >= 11 is 0. The molecule has 0 amide bonds. The summed E-state index contributed by atoms with van der Waals surface area (Å²) in [5.74, 6) is 0.390. The molecule has 0 aliphatic carbocycles. The minimum atomic E-state index is -4.65. The lowest BCUT2D eigenvalue weighted by Gasteiger charge is -2.20. The zero-order chi connectivity index (χ0) is 22.7. The molecule has 1 unspecified atom stereocenters. The number of nitrogens with one attached hydrogen (secondary N) is 1. The molecule has 11 heteroatoms. The summed E-state index contributed by atoms with van der Waals surface area (Å²) in [6.45, 7) is 3.76. The van der Waals surface area contributed by atoms with E-state index in [0.717, 1.165) is 6.07 Å². The molecule has 0 aliphatic heterocycles. The van der Waals surface area contributed by atoms with Crippen molar-refractivity contribution in [1.29, 1.82) is 0 Å². The molecular formula is C21H18F3N7O. The highest BCUT2D eigenvalue weighted by atomic mass is 19.4. The van der Waals surface area contributed by atoms with Crippen LogP contribution in [0, 0.1) is 5.92 Å². The summed E-state index contributed by atoms with van der Waals surface area (Å²) in [5.41, 5.74) is 0.0548. The van der Waals surface area contributed by atoms with Crippen molar-refractivity contribution in [2.45, 2.75) is 26.1 Å². The molecule has 4 heterocycles. The quantitative estimate of drug-likeness (QED) is 0.455. The highest BCUT2D eigenvalue weighted by Crippen LogP contribution is 2.33. The van der Waals surface area contributed by atoms with E-state index in [1.165, 1.54) is 24.5 Å². The van der Waals surface area contributed by atoms with Gasteiger partial charge in [0.15, 0.2) is 11.5 Å². The minimum Gasteiger partial charge on any atom is -0.358 e. The number of anilines is 1. The highest BCUT2D eigenvalue weighted by molar-refractivity contribution is 5.57. The average molecular weight is 441 g/mol. The van der Waals surface area contributed by atoms with Crippen LogP contribution in [0.1, 0.15) is 31.5 Å². The third-order valence-electron chi connectivity index (χ3n) is 4.57. The smallest absolute Gasteiger partial charge is 0.358 e. The molecule has 0 radical (unpaired) electrons. The van der Waals surface area contributed by atoms with Crippen LogP contribution >= 0.6 is 0 Å². The molecule has 0 aliphatic rings. The molecule has 0 fully saturated rings. The van der Waals surface area contributed by atoms with Crippen LogP contribution in [0.25, 0.3) is 22.8 Å². The third kappa shape index (κ3) is 4.71. The molecule has 4 aromatic heterocycles. The van der Waals surface area contributed by atoms with Crippen LogP contribution in [0.5, 0.6) is 0 Å². The standard InChI is InChI=1S/C21H18F3N7O/c1-12(2)17(20-30-19(31-32-20)14-5-9-26-10-6-14)28-16-11-15(21(22,23)24)27-18(29-16)13-3-7-25-8-4-13/h3-12,17H,1-2H3,(H,27,28,29). The number of pyridine rings is 2. The lowest BCUT2D eigenvalue weighted by Crippen LogP contribution is -2.19. The minimum absolute atomic E-state index is 0.0125. The molecule has 0 bridgehead atoms. The van der Waals surface area contributed by atoms with Crippen molar-refractivity contribution in [3.8, 4) is 22.8 Å². The normalized spacial score (nSPS) is 12.7. The predicted molar refractivity (Wildman–Crippen MR) is 109 cm³/mol. The fourth-order valence-corrected chi connectivity index (χ4v) is 2.95. The summed E-state index contributed by atoms with van der Waals surface area (Å²) < 4.78 is 45.9. The lowest BCUT2D eigenvalue weighted by atomic mass is 10.0. The Morgan fingerprint density at radius 3 is 2.00 bits per heavy atom. The molecule has 32 heavy (non-hydrogen) atoms. The Morgan fingerprint density at radius 1 is 0.844 bits per heavy atom. The van der Waals surface area contributed by atoms with Crippen molar-refractivity contribution in [1.82, 2.24) is 30.1 Å². The number of nitrogens with zero attached hydrogens (tertiary/aromatic N) is 6. The maximum atomic E-state index is 13.5. The number of rotatable bonds is 6. The van der Waals surface area contributed by atoms with E-state index in [1.807, 2.05) is 13.8 Å². The fraction of sp³-hybridized carbons (Fsp3) is 0.238. The second-order valence-electron chi connectivity index (χ2n) is 7.25. The van der Waals surface area contributed by atoms with Crippen molar-refractivity contribution in [3.63, 3.8) is 0 Å². The zero-order valence-electron chi connectivity index (χ0n) is 17.1. The zero-order valence-corrected chi connectivity index (χ0v) is 17.1. The Bertz CT molecular complexity index is 1180. The van der Waals surface area contributed by atoms with Gasteiger partial charge in [-0.3, -0.25) is 9.97 Å². The summed E-state index contributed by atoms with van der Waals surface area (Å²) in [6.07, 6.45) is 1.48. The van der Waals surface area contributed by atoms with Gasteiger partial charge in [-0.15, -0.1) is 0 Å². The van der Waals surface area contributed by atoms with Gasteiger partial charge in [0.1, 0.15) is 11.9 Å². The molecule has 0 spiro atoms. The molecule has 0 saturated carbocycles. The van der Waals surface area contributed by atoms with Crippen molar-refractivity contribution >= 4 is 5.82 Å². The van der Waals surface area contributed by atoms with E-state index in [-0.39, 0.29) is 23.5 Å². The van der Waals surface area contributed by atoms with E-state index in [1.54, 1.807) is 24.5 Å². The molecule has 4 rings (SSSR count). The van der Waals surface area contributed by atoms with Crippen LogP contribution in [-0.4, -0.2) is 30.1 Å². The van der Waals surface area contributed by atoms with Crippen LogP contribution in [-0.2, 0) is 6.18 Å². The number of aromatic nitrogens is 6. The second kappa shape index (κ2) is 8.69. The van der Waals surface area contributed by atoms with Gasteiger partial charge in [-0.1, -0.05) is 19.0 Å². The largest absolute Gasteiger partial charge is 0.433 e. The third-order valence-corrected chi connectivity index (χ3v) is 4.57. The van der Waals surface area contributed by atoms with Crippen molar-refractivity contribution < 1.29 is 17.7 Å². The molecule has 0 aromatic carbocycles. The van der Waals surface area contributed by atoms with Gasteiger partial charge in [0, 0.05) is 42.0 Å². The average Bonchev–Trinajstić information content (AvgIpc) is 3.27. The first-order valence-electron chi connectivity index (χ1n) is 9.68. The van der Waals surface area contributed by atoms with Gasteiger partial charge in [-0.05, 0) is 30.2 Å². The molecule has 164 valence electrons. The van der Waals surface area contributed by atoms with Gasteiger partial charge in [0.05, 0.1) is 0 Å². The maximum absolute atomic E-state index is 13.5. The fourth-order valence-electron chi connectivity index (χ4n) is 2.95. The van der Waals surface area contributed by atoms with Gasteiger partial charge in [0.2, 0.25) is 11.7 Å². The van der Waals surface area contributed by atoms with Crippen LogP contribution in [0.4, 0.5) is 19.0 Å². The number of hydrogen-bond acceptors (Lipinski definition) is 8. The number of halogens is 3. The Hall–Kier alpha value is -3.89. The van der Waals surface area contributed by atoms with Crippen molar-refractivity contribution in [2.24, 2.45) is 5.92 Å². The van der Waals surface area contributed by atoms with Crippen LogP contribution < -0.4 is 5.32 Å². The van der Waals surface area contributed by atoms with E-state index in [2.05, 4.69) is 35.4 Å². The lowest BCUT2D eigenvalue weighted by molar-refractivity contribution is -0.141. The van der Waals surface area contributed by atoms with E-state index in [9.17, 15) is 13.2 Å². The summed E-state index contributed by atoms with van der Waals surface area (Å²) in [5, 5.41) is 6.99. The molecule has 0 saturated heterocycles.